The molecule has 0 amide bonds. The average Bonchev–Trinajstić information content (AvgIpc) is 2.99. The first kappa shape index (κ1) is 18.5. The van der Waals surface area contributed by atoms with Gasteiger partial charge in [0.15, 0.2) is 0 Å². The maximum atomic E-state index is 11.6. The van der Waals surface area contributed by atoms with Crippen molar-refractivity contribution in [2.45, 2.75) is 5.25 Å². The van der Waals surface area contributed by atoms with Crippen molar-refractivity contribution in [2.24, 2.45) is 4.99 Å². The van der Waals surface area contributed by atoms with Gasteiger partial charge in [0, 0.05) is 16.1 Å². The number of nitrogens with zero attached hydrogens (tertiary/aromatic N) is 1. The first-order valence-corrected chi connectivity index (χ1v) is 9.22. The maximum Gasteiger partial charge on any atom is 0.348 e. The largest absolute Gasteiger partial charge is 0.477 e. The summed E-state index contributed by atoms with van der Waals surface area (Å²) in [5, 5.41) is 9.35. The fourth-order valence-corrected chi connectivity index (χ4v) is 3.50. The molecule has 5 nitrogen and oxygen atoms in total. The summed E-state index contributed by atoms with van der Waals surface area (Å²) in [5.41, 5.74) is 1.11. The number of thioether (sulfide) groups is 1. The number of carboxylic acids is 1. The highest BCUT2D eigenvalue weighted by Crippen LogP contribution is 2.37. The number of rotatable bonds is 6. The summed E-state index contributed by atoms with van der Waals surface area (Å²) in [5.74, 6) is -1.51. The summed E-state index contributed by atoms with van der Waals surface area (Å²) in [6.07, 6.45) is 3.14. The normalized spacial score (nSPS) is 12.3. The smallest absolute Gasteiger partial charge is 0.348 e. The number of aromatic carboxylic acids is 1. The van der Waals surface area contributed by atoms with E-state index in [-0.39, 0.29) is 4.88 Å². The Bertz CT molecular complexity index is 788. The number of thiophene rings is 1. The van der Waals surface area contributed by atoms with Gasteiger partial charge in [0.1, 0.15) is 10.1 Å². The number of esters is 1. The molecule has 126 valence electrons. The highest BCUT2D eigenvalue weighted by molar-refractivity contribution is 8.00. The molecule has 0 fully saturated rings. The molecular formula is C16H14ClNO4S2. The summed E-state index contributed by atoms with van der Waals surface area (Å²) < 4.78 is 4.68. The van der Waals surface area contributed by atoms with Crippen LogP contribution in [0.5, 0.6) is 0 Å². The van der Waals surface area contributed by atoms with Crippen molar-refractivity contribution in [3.63, 3.8) is 0 Å². The Balaban J connectivity index is 2.39. The molecule has 0 aliphatic rings. The zero-order chi connectivity index (χ0) is 17.7. The Morgan fingerprint density at radius 2 is 2.17 bits per heavy atom. The van der Waals surface area contributed by atoms with E-state index in [2.05, 4.69) is 9.73 Å². The minimum atomic E-state index is -1.07. The number of carbonyl (C=O) groups is 2. The van der Waals surface area contributed by atoms with Crippen LogP contribution in [0.1, 0.15) is 9.67 Å². The van der Waals surface area contributed by atoms with Gasteiger partial charge in [-0.05, 0) is 30.0 Å². The Morgan fingerprint density at radius 3 is 2.75 bits per heavy atom. The molecule has 0 bridgehead atoms. The van der Waals surface area contributed by atoms with Crippen molar-refractivity contribution >= 4 is 58.5 Å². The van der Waals surface area contributed by atoms with Gasteiger partial charge in [-0.15, -0.1) is 23.1 Å². The molecule has 2 rings (SSSR count). The summed E-state index contributed by atoms with van der Waals surface area (Å²) in [6.45, 7) is 0. The van der Waals surface area contributed by atoms with E-state index in [9.17, 15) is 14.7 Å². The summed E-state index contributed by atoms with van der Waals surface area (Å²) in [6, 6.07) is 8.81. The number of hydrogen-bond donors (Lipinski definition) is 1. The van der Waals surface area contributed by atoms with Crippen molar-refractivity contribution < 1.29 is 19.4 Å². The van der Waals surface area contributed by atoms with Gasteiger partial charge in [0.05, 0.1) is 12.8 Å². The molecule has 0 radical (unpaired) electrons. The monoisotopic (exact) mass is 383 g/mol. The molecule has 0 saturated heterocycles. The Hall–Kier alpha value is -1.83. The highest BCUT2D eigenvalue weighted by atomic mass is 35.5. The van der Waals surface area contributed by atoms with Crippen molar-refractivity contribution in [1.82, 2.24) is 0 Å². The lowest BCUT2D eigenvalue weighted by atomic mass is 10.2. The van der Waals surface area contributed by atoms with Gasteiger partial charge >= 0.3 is 11.9 Å². The molecule has 0 aliphatic carbocycles. The fraction of sp³-hybridized carbons (Fsp3) is 0.188. The number of aliphatic imine (C=N–C) groups is 1. The summed E-state index contributed by atoms with van der Waals surface area (Å²) in [4.78, 5) is 28.1. The lowest BCUT2D eigenvalue weighted by Gasteiger charge is -2.05. The number of halogens is 1. The van der Waals surface area contributed by atoms with Crippen LogP contribution in [0.25, 0.3) is 10.4 Å². The summed E-state index contributed by atoms with van der Waals surface area (Å²) in [7, 11) is 1.30. The van der Waals surface area contributed by atoms with Gasteiger partial charge in [-0.3, -0.25) is 9.79 Å². The van der Waals surface area contributed by atoms with Gasteiger partial charge in [0.2, 0.25) is 0 Å². The standard InChI is InChI=1S/C16H14ClNO4S2/c1-22-16(21)13(23-2)8-18-11-7-12(24-14(11)15(19)20)9-4-3-5-10(17)6-9/h3-8,13H,1-2H3,(H,19,20). The van der Waals surface area contributed by atoms with Crippen molar-refractivity contribution in [1.29, 1.82) is 0 Å². The lowest BCUT2D eigenvalue weighted by Crippen LogP contribution is -2.19. The van der Waals surface area contributed by atoms with Crippen LogP contribution in [-0.4, -0.2) is 41.9 Å². The van der Waals surface area contributed by atoms with Crippen molar-refractivity contribution in [3.8, 4) is 10.4 Å². The van der Waals surface area contributed by atoms with Crippen LogP contribution in [0.15, 0.2) is 35.3 Å². The molecule has 1 unspecified atom stereocenters. The third kappa shape index (κ3) is 4.37. The van der Waals surface area contributed by atoms with Crippen molar-refractivity contribution in [3.05, 3.63) is 40.2 Å². The number of ether oxygens (including phenoxy) is 1. The Morgan fingerprint density at radius 1 is 1.42 bits per heavy atom. The second kappa shape index (κ2) is 8.32. The third-order valence-electron chi connectivity index (χ3n) is 3.05. The van der Waals surface area contributed by atoms with Crippen LogP contribution >= 0.6 is 34.7 Å². The predicted molar refractivity (Wildman–Crippen MR) is 99.2 cm³/mol. The molecule has 0 saturated carbocycles. The topological polar surface area (TPSA) is 76.0 Å². The number of carbonyl (C=O) groups excluding carboxylic acids is 1. The van der Waals surface area contributed by atoms with Crippen LogP contribution < -0.4 is 0 Å². The third-order valence-corrected chi connectivity index (χ3v) is 5.27. The van der Waals surface area contributed by atoms with Gasteiger partial charge in [0.25, 0.3) is 0 Å². The minimum Gasteiger partial charge on any atom is -0.477 e. The molecule has 1 atom stereocenters. The highest BCUT2D eigenvalue weighted by Gasteiger charge is 2.18. The van der Waals surface area contributed by atoms with E-state index in [0.717, 1.165) is 21.8 Å². The van der Waals surface area contributed by atoms with E-state index in [1.165, 1.54) is 25.1 Å². The molecule has 1 aromatic heterocycles. The molecule has 24 heavy (non-hydrogen) atoms. The lowest BCUT2D eigenvalue weighted by molar-refractivity contribution is -0.138. The number of methoxy groups -OCH3 is 1. The van der Waals surface area contributed by atoms with E-state index in [1.54, 1.807) is 30.5 Å². The Labute approximate surface area is 152 Å². The first-order valence-electron chi connectivity index (χ1n) is 6.74. The zero-order valence-electron chi connectivity index (χ0n) is 12.9. The average molecular weight is 384 g/mol. The molecule has 1 heterocycles. The molecule has 8 heteroatoms. The first-order chi connectivity index (χ1) is 11.5. The maximum absolute atomic E-state index is 11.6. The SMILES string of the molecule is COC(=O)C(C=Nc1cc(-c2cccc(Cl)c2)sc1C(=O)O)SC. The zero-order valence-corrected chi connectivity index (χ0v) is 15.2. The molecule has 0 spiro atoms. The second-order valence-electron chi connectivity index (χ2n) is 4.60. The fourth-order valence-electron chi connectivity index (χ4n) is 1.90. The van der Waals surface area contributed by atoms with Crippen molar-refractivity contribution in [2.75, 3.05) is 13.4 Å². The molecule has 1 aromatic carbocycles. The van der Waals surface area contributed by atoms with E-state index in [1.807, 2.05) is 6.07 Å². The van der Waals surface area contributed by atoms with Gasteiger partial charge < -0.3 is 9.84 Å². The van der Waals surface area contributed by atoms with E-state index in [0.29, 0.717) is 10.7 Å². The van der Waals surface area contributed by atoms with Crippen LogP contribution in [0, 0.1) is 0 Å². The minimum absolute atomic E-state index is 0.103. The number of benzene rings is 1. The van der Waals surface area contributed by atoms with E-state index >= 15 is 0 Å². The van der Waals surface area contributed by atoms with Crippen LogP contribution in [0.4, 0.5) is 5.69 Å². The van der Waals surface area contributed by atoms with E-state index in [4.69, 9.17) is 11.6 Å². The number of hydrogen-bond acceptors (Lipinski definition) is 6. The van der Waals surface area contributed by atoms with Gasteiger partial charge in [-0.25, -0.2) is 4.79 Å². The van der Waals surface area contributed by atoms with Crippen LogP contribution in [0.3, 0.4) is 0 Å². The molecular weight excluding hydrogens is 370 g/mol. The molecule has 0 aliphatic heterocycles. The predicted octanol–water partition coefficient (Wildman–Crippen LogP) is 4.37. The second-order valence-corrected chi connectivity index (χ2v) is 7.07. The van der Waals surface area contributed by atoms with Crippen LogP contribution in [-0.2, 0) is 9.53 Å². The number of carboxylic acid groups (broad SMARTS) is 1. The summed E-state index contributed by atoms with van der Waals surface area (Å²) >= 11 is 8.34. The van der Waals surface area contributed by atoms with Gasteiger partial charge in [-0.1, -0.05) is 23.7 Å². The molecule has 2 aromatic rings. The molecule has 1 N–H and O–H groups in total. The Kier molecular flexibility index (Phi) is 6.42. The van der Waals surface area contributed by atoms with Crippen LogP contribution in [0.2, 0.25) is 5.02 Å². The van der Waals surface area contributed by atoms with Gasteiger partial charge in [-0.2, -0.15) is 0 Å². The van der Waals surface area contributed by atoms with E-state index < -0.39 is 17.2 Å². The quantitative estimate of drug-likeness (QED) is 0.592.